The normalized spacial score (nSPS) is 14.7. The Labute approximate surface area is 121 Å². The van der Waals surface area contributed by atoms with Crippen molar-refractivity contribution >= 4 is 0 Å². The highest BCUT2D eigenvalue weighted by Gasteiger charge is 2.08. The van der Waals surface area contributed by atoms with Crippen LogP contribution in [0.5, 0.6) is 0 Å². The predicted molar refractivity (Wildman–Crippen MR) is 77.6 cm³/mol. The lowest BCUT2D eigenvalue weighted by Crippen LogP contribution is -2.38. The molecule has 0 saturated heterocycles. The van der Waals surface area contributed by atoms with E-state index in [9.17, 15) is 5.11 Å². The third-order valence-corrected chi connectivity index (χ3v) is 2.71. The molecule has 1 aromatic heterocycles. The summed E-state index contributed by atoms with van der Waals surface area (Å²) in [4.78, 5) is 0. The molecular formula is C14H27N3O3. The average Bonchev–Trinajstić information content (AvgIpc) is 2.88. The Hall–Kier alpha value is -0.950. The molecule has 0 fully saturated rings. The highest BCUT2D eigenvalue weighted by Crippen LogP contribution is 1.93. The summed E-state index contributed by atoms with van der Waals surface area (Å²) in [5.41, 5.74) is 0. The molecule has 1 heterocycles. The number of aliphatic hydroxyl groups is 1. The van der Waals surface area contributed by atoms with Crippen LogP contribution in [-0.4, -0.2) is 59.5 Å². The van der Waals surface area contributed by atoms with Gasteiger partial charge in [0.05, 0.1) is 38.6 Å². The first kappa shape index (κ1) is 17.1. The van der Waals surface area contributed by atoms with Gasteiger partial charge in [0.15, 0.2) is 0 Å². The molecule has 6 heteroatoms. The molecule has 0 spiro atoms. The molecule has 0 radical (unpaired) electrons. The van der Waals surface area contributed by atoms with Gasteiger partial charge in [-0.25, -0.2) is 0 Å². The summed E-state index contributed by atoms with van der Waals surface area (Å²) in [6, 6.07) is 2.14. The monoisotopic (exact) mass is 285 g/mol. The molecule has 20 heavy (non-hydrogen) atoms. The standard InChI is InChI=1S/C14H27N3O3/c1-12(2)20-8-7-19-11-14(18)9-15-13(3)10-17-6-4-5-16-17/h4-6,12-15,18H,7-11H2,1-3H3. The molecular weight excluding hydrogens is 258 g/mol. The number of aliphatic hydroxyl groups excluding tert-OH is 1. The van der Waals surface area contributed by atoms with Gasteiger partial charge in [-0.05, 0) is 26.8 Å². The van der Waals surface area contributed by atoms with Crippen molar-refractivity contribution in [3.8, 4) is 0 Å². The fourth-order valence-electron chi connectivity index (χ4n) is 1.71. The van der Waals surface area contributed by atoms with Crippen molar-refractivity contribution in [2.75, 3.05) is 26.4 Å². The highest BCUT2D eigenvalue weighted by molar-refractivity contribution is 4.79. The number of hydrogen-bond acceptors (Lipinski definition) is 5. The highest BCUT2D eigenvalue weighted by atomic mass is 16.5. The Morgan fingerprint density at radius 2 is 2.10 bits per heavy atom. The van der Waals surface area contributed by atoms with Gasteiger partial charge in [-0.3, -0.25) is 4.68 Å². The maximum absolute atomic E-state index is 9.78. The second kappa shape index (κ2) is 9.88. The van der Waals surface area contributed by atoms with E-state index >= 15 is 0 Å². The van der Waals surface area contributed by atoms with Crippen molar-refractivity contribution in [3.05, 3.63) is 18.5 Å². The van der Waals surface area contributed by atoms with Crippen LogP contribution in [-0.2, 0) is 16.0 Å². The molecule has 0 aromatic carbocycles. The summed E-state index contributed by atoms with van der Waals surface area (Å²) in [6.45, 7) is 8.72. The van der Waals surface area contributed by atoms with Gasteiger partial charge in [-0.15, -0.1) is 0 Å². The van der Waals surface area contributed by atoms with E-state index < -0.39 is 6.10 Å². The molecule has 0 aliphatic carbocycles. The van der Waals surface area contributed by atoms with Crippen molar-refractivity contribution in [2.24, 2.45) is 0 Å². The Bertz CT molecular complexity index is 330. The fraction of sp³-hybridized carbons (Fsp3) is 0.786. The second-order valence-corrected chi connectivity index (χ2v) is 5.19. The molecule has 116 valence electrons. The zero-order chi connectivity index (χ0) is 14.8. The van der Waals surface area contributed by atoms with Gasteiger partial charge < -0.3 is 19.9 Å². The van der Waals surface area contributed by atoms with Crippen LogP contribution in [0, 0.1) is 0 Å². The number of ether oxygens (including phenoxy) is 2. The fourth-order valence-corrected chi connectivity index (χ4v) is 1.71. The third kappa shape index (κ3) is 8.27. The minimum Gasteiger partial charge on any atom is -0.389 e. The van der Waals surface area contributed by atoms with Crippen molar-refractivity contribution in [3.63, 3.8) is 0 Å². The number of aromatic nitrogens is 2. The van der Waals surface area contributed by atoms with Gasteiger partial charge in [0.25, 0.3) is 0 Å². The maximum atomic E-state index is 9.78. The molecule has 0 aliphatic rings. The van der Waals surface area contributed by atoms with Crippen LogP contribution in [0.1, 0.15) is 20.8 Å². The van der Waals surface area contributed by atoms with E-state index in [-0.39, 0.29) is 12.1 Å². The molecule has 0 amide bonds. The number of rotatable bonds is 11. The van der Waals surface area contributed by atoms with Gasteiger partial charge in [-0.2, -0.15) is 5.10 Å². The van der Waals surface area contributed by atoms with Gasteiger partial charge in [0.2, 0.25) is 0 Å². The molecule has 0 bridgehead atoms. The smallest absolute Gasteiger partial charge is 0.0897 e. The quantitative estimate of drug-likeness (QED) is 0.585. The SMILES string of the molecule is CC(Cn1cccn1)NCC(O)COCCOC(C)C. The van der Waals surface area contributed by atoms with Crippen LogP contribution in [0.15, 0.2) is 18.5 Å². The van der Waals surface area contributed by atoms with Crippen molar-refractivity contribution < 1.29 is 14.6 Å². The van der Waals surface area contributed by atoms with Gasteiger partial charge in [-0.1, -0.05) is 0 Å². The zero-order valence-electron chi connectivity index (χ0n) is 12.7. The summed E-state index contributed by atoms with van der Waals surface area (Å²) in [7, 11) is 0. The maximum Gasteiger partial charge on any atom is 0.0897 e. The van der Waals surface area contributed by atoms with E-state index in [2.05, 4.69) is 17.3 Å². The molecule has 6 nitrogen and oxygen atoms in total. The third-order valence-electron chi connectivity index (χ3n) is 2.71. The first-order valence-electron chi connectivity index (χ1n) is 7.16. The Morgan fingerprint density at radius 1 is 1.30 bits per heavy atom. The van der Waals surface area contributed by atoms with Crippen LogP contribution < -0.4 is 5.32 Å². The lowest BCUT2D eigenvalue weighted by atomic mass is 10.3. The van der Waals surface area contributed by atoms with E-state index in [4.69, 9.17) is 9.47 Å². The minimum absolute atomic E-state index is 0.216. The van der Waals surface area contributed by atoms with Gasteiger partial charge in [0, 0.05) is 25.0 Å². The number of nitrogens with one attached hydrogen (secondary N) is 1. The van der Waals surface area contributed by atoms with E-state index in [0.717, 1.165) is 6.54 Å². The summed E-state index contributed by atoms with van der Waals surface area (Å²) in [6.07, 6.45) is 3.39. The van der Waals surface area contributed by atoms with Gasteiger partial charge >= 0.3 is 0 Å². The molecule has 2 N–H and O–H groups in total. The summed E-state index contributed by atoms with van der Waals surface area (Å²) in [5, 5.41) is 17.2. The van der Waals surface area contributed by atoms with E-state index in [1.807, 2.05) is 30.8 Å². The van der Waals surface area contributed by atoms with Crippen LogP contribution in [0.4, 0.5) is 0 Å². The summed E-state index contributed by atoms with van der Waals surface area (Å²) < 4.78 is 12.6. The number of hydrogen-bond donors (Lipinski definition) is 2. The average molecular weight is 285 g/mol. The van der Waals surface area contributed by atoms with E-state index in [1.165, 1.54) is 0 Å². The van der Waals surface area contributed by atoms with Crippen LogP contribution in [0.3, 0.4) is 0 Å². The zero-order valence-corrected chi connectivity index (χ0v) is 12.7. The second-order valence-electron chi connectivity index (χ2n) is 5.19. The van der Waals surface area contributed by atoms with Crippen LogP contribution in [0.25, 0.3) is 0 Å². The van der Waals surface area contributed by atoms with Crippen LogP contribution >= 0.6 is 0 Å². The van der Waals surface area contributed by atoms with Gasteiger partial charge in [0.1, 0.15) is 0 Å². The van der Waals surface area contributed by atoms with Crippen molar-refractivity contribution in [1.29, 1.82) is 0 Å². The largest absolute Gasteiger partial charge is 0.389 e. The van der Waals surface area contributed by atoms with E-state index in [1.54, 1.807) is 6.20 Å². The molecule has 2 atom stereocenters. The number of nitrogens with zero attached hydrogens (tertiary/aromatic N) is 2. The topological polar surface area (TPSA) is 68.5 Å². The summed E-state index contributed by atoms with van der Waals surface area (Å²) >= 11 is 0. The molecule has 1 aromatic rings. The predicted octanol–water partition coefficient (Wildman–Crippen LogP) is 0.664. The molecule has 2 unspecified atom stereocenters. The summed E-state index contributed by atoms with van der Waals surface area (Å²) in [5.74, 6) is 0. The van der Waals surface area contributed by atoms with Crippen molar-refractivity contribution in [2.45, 2.75) is 45.6 Å². The first-order valence-corrected chi connectivity index (χ1v) is 7.16. The molecule has 0 aliphatic heterocycles. The van der Waals surface area contributed by atoms with E-state index in [0.29, 0.717) is 26.4 Å². The molecule has 1 rings (SSSR count). The Kier molecular flexibility index (Phi) is 8.45. The van der Waals surface area contributed by atoms with Crippen molar-refractivity contribution in [1.82, 2.24) is 15.1 Å². The Morgan fingerprint density at radius 3 is 2.75 bits per heavy atom. The van der Waals surface area contributed by atoms with Crippen LogP contribution in [0.2, 0.25) is 0 Å². The first-order chi connectivity index (χ1) is 9.58. The Balaban J connectivity index is 2.00. The molecule has 0 saturated carbocycles. The minimum atomic E-state index is -0.505. The lowest BCUT2D eigenvalue weighted by Gasteiger charge is -2.17. The lowest BCUT2D eigenvalue weighted by molar-refractivity contribution is -0.0105.